The van der Waals surface area contributed by atoms with Crippen LogP contribution in [0.4, 0.5) is 0 Å². The van der Waals surface area contributed by atoms with E-state index in [-0.39, 0.29) is 6.10 Å². The molecule has 3 rings (SSSR count). The molecular weight excluding hydrogens is 344 g/mol. The van der Waals surface area contributed by atoms with Gasteiger partial charge in [0.2, 0.25) is 0 Å². The Morgan fingerprint density at radius 1 is 1.14 bits per heavy atom. The lowest BCUT2D eigenvalue weighted by Gasteiger charge is -2.44. The van der Waals surface area contributed by atoms with Crippen LogP contribution in [0.3, 0.4) is 0 Å². The van der Waals surface area contributed by atoms with Crippen LogP contribution in [0.25, 0.3) is 0 Å². The first-order chi connectivity index (χ1) is 13.2. The van der Waals surface area contributed by atoms with Gasteiger partial charge in [-0.3, -0.25) is 0 Å². The second-order valence-corrected chi connectivity index (χ2v) is 11.1. The minimum Gasteiger partial charge on any atom is -0.393 e. The van der Waals surface area contributed by atoms with Crippen LogP contribution in [-0.2, 0) is 0 Å². The van der Waals surface area contributed by atoms with Gasteiger partial charge in [0.15, 0.2) is 0 Å². The fourth-order valence-electron chi connectivity index (χ4n) is 6.72. The molecule has 0 bridgehead atoms. The molecule has 0 saturated heterocycles. The third-order valence-electron chi connectivity index (χ3n) is 8.24. The second-order valence-electron chi connectivity index (χ2n) is 11.1. The standard InChI is InChI=1S/C26H44O2/c1-19(8-6-16-25(2,3)28)23-14-15-24-21(10-7-17-26(23,24)4)13-12-20-9-5-11-22(27)18-20/h12-13,19,22-24,27-28H,5-11,14-18H2,1-4H3/b20-12+,21-13+/t19-,22-,23-,24+,26-/m1/s1. The Kier molecular flexibility index (Phi) is 7.14. The fraction of sp³-hybridized carbons (Fsp3) is 0.846. The van der Waals surface area contributed by atoms with Crippen LogP contribution in [0.15, 0.2) is 23.3 Å². The van der Waals surface area contributed by atoms with Crippen molar-refractivity contribution in [1.29, 1.82) is 0 Å². The van der Waals surface area contributed by atoms with E-state index in [4.69, 9.17) is 0 Å². The molecule has 2 heteroatoms. The van der Waals surface area contributed by atoms with Crippen molar-refractivity contribution in [3.63, 3.8) is 0 Å². The normalized spacial score (nSPS) is 38.0. The summed E-state index contributed by atoms with van der Waals surface area (Å²) >= 11 is 0. The Bertz CT molecular complexity index is 582. The lowest BCUT2D eigenvalue weighted by molar-refractivity contribution is 0.0596. The van der Waals surface area contributed by atoms with E-state index in [0.717, 1.165) is 49.9 Å². The molecule has 160 valence electrons. The van der Waals surface area contributed by atoms with Gasteiger partial charge in [-0.15, -0.1) is 0 Å². The molecule has 0 radical (unpaired) electrons. The van der Waals surface area contributed by atoms with Crippen LogP contribution in [-0.4, -0.2) is 21.9 Å². The molecule has 3 aliphatic carbocycles. The largest absolute Gasteiger partial charge is 0.393 e. The first-order valence-corrected chi connectivity index (χ1v) is 12.0. The molecule has 5 atom stereocenters. The highest BCUT2D eigenvalue weighted by Crippen LogP contribution is 2.59. The molecule has 0 aromatic heterocycles. The van der Waals surface area contributed by atoms with Crippen molar-refractivity contribution in [2.45, 2.75) is 116 Å². The van der Waals surface area contributed by atoms with E-state index in [1.54, 1.807) is 5.57 Å². The predicted molar refractivity (Wildman–Crippen MR) is 118 cm³/mol. The highest BCUT2D eigenvalue weighted by molar-refractivity contribution is 5.25. The predicted octanol–water partition coefficient (Wildman–Crippen LogP) is 6.57. The third kappa shape index (κ3) is 5.30. The fourth-order valence-corrected chi connectivity index (χ4v) is 6.72. The maximum Gasteiger partial charge on any atom is 0.0591 e. The molecule has 3 aliphatic rings. The molecule has 2 nitrogen and oxygen atoms in total. The van der Waals surface area contributed by atoms with E-state index >= 15 is 0 Å². The summed E-state index contributed by atoms with van der Waals surface area (Å²) in [7, 11) is 0. The van der Waals surface area contributed by atoms with Crippen LogP contribution < -0.4 is 0 Å². The summed E-state index contributed by atoms with van der Waals surface area (Å²) in [4.78, 5) is 0. The minimum absolute atomic E-state index is 0.115. The van der Waals surface area contributed by atoms with Gasteiger partial charge in [-0.2, -0.15) is 0 Å². The summed E-state index contributed by atoms with van der Waals surface area (Å²) < 4.78 is 0. The summed E-state index contributed by atoms with van der Waals surface area (Å²) in [6.45, 7) is 8.91. The Labute approximate surface area is 173 Å². The van der Waals surface area contributed by atoms with Gasteiger partial charge in [0.05, 0.1) is 11.7 Å². The Morgan fingerprint density at radius 2 is 1.93 bits per heavy atom. The number of allylic oxidation sites excluding steroid dienone is 3. The van der Waals surface area contributed by atoms with E-state index in [2.05, 4.69) is 26.0 Å². The average Bonchev–Trinajstić information content (AvgIpc) is 2.96. The van der Waals surface area contributed by atoms with Crippen molar-refractivity contribution >= 4 is 0 Å². The smallest absolute Gasteiger partial charge is 0.0591 e. The van der Waals surface area contributed by atoms with Crippen molar-refractivity contribution in [3.8, 4) is 0 Å². The van der Waals surface area contributed by atoms with E-state index in [1.807, 2.05) is 13.8 Å². The Balaban J connectivity index is 1.65. The molecule has 0 amide bonds. The maximum absolute atomic E-state index is 10.0. The number of aliphatic hydroxyl groups is 2. The molecular formula is C26H44O2. The zero-order valence-electron chi connectivity index (χ0n) is 18.8. The number of fused-ring (bicyclic) bond motifs is 1. The van der Waals surface area contributed by atoms with Gasteiger partial charge >= 0.3 is 0 Å². The van der Waals surface area contributed by atoms with Crippen LogP contribution in [0.2, 0.25) is 0 Å². The molecule has 0 heterocycles. The second kappa shape index (κ2) is 9.04. The molecule has 0 aromatic rings. The Hall–Kier alpha value is -0.600. The van der Waals surface area contributed by atoms with Gasteiger partial charge in [0.1, 0.15) is 0 Å². The third-order valence-corrected chi connectivity index (χ3v) is 8.24. The molecule has 0 aliphatic heterocycles. The average molecular weight is 389 g/mol. The van der Waals surface area contributed by atoms with E-state index in [9.17, 15) is 10.2 Å². The minimum atomic E-state index is -0.525. The molecule has 0 spiro atoms. The quantitative estimate of drug-likeness (QED) is 0.540. The number of hydrogen-bond acceptors (Lipinski definition) is 2. The van der Waals surface area contributed by atoms with E-state index < -0.39 is 5.60 Å². The maximum atomic E-state index is 10.0. The van der Waals surface area contributed by atoms with Gasteiger partial charge < -0.3 is 10.2 Å². The van der Waals surface area contributed by atoms with Crippen molar-refractivity contribution < 1.29 is 10.2 Å². The lowest BCUT2D eigenvalue weighted by atomic mass is 9.60. The first kappa shape index (κ1) is 22.1. The van der Waals surface area contributed by atoms with Crippen LogP contribution in [0.5, 0.6) is 0 Å². The monoisotopic (exact) mass is 388 g/mol. The van der Waals surface area contributed by atoms with Crippen molar-refractivity contribution in [2.24, 2.45) is 23.2 Å². The summed E-state index contributed by atoms with van der Waals surface area (Å²) in [6, 6.07) is 0. The van der Waals surface area contributed by atoms with E-state index in [0.29, 0.717) is 5.41 Å². The number of rotatable bonds is 6. The summed E-state index contributed by atoms with van der Waals surface area (Å²) in [5.41, 5.74) is 3.08. The molecule has 2 N–H and O–H groups in total. The molecule has 0 aromatic carbocycles. The SMILES string of the molecule is C[C@H](CCCC(C)(C)O)[C@H]1CC[C@H]2/C(=C/C=C3\CCC[C@@H](O)C3)CCC[C@]12C. The summed E-state index contributed by atoms with van der Waals surface area (Å²) in [5.74, 6) is 2.34. The van der Waals surface area contributed by atoms with Crippen molar-refractivity contribution in [2.75, 3.05) is 0 Å². The molecule has 3 fully saturated rings. The first-order valence-electron chi connectivity index (χ1n) is 12.0. The summed E-state index contributed by atoms with van der Waals surface area (Å²) in [5, 5.41) is 20.0. The van der Waals surface area contributed by atoms with Gasteiger partial charge in [0, 0.05) is 0 Å². The van der Waals surface area contributed by atoms with Gasteiger partial charge in [-0.1, -0.05) is 50.0 Å². The topological polar surface area (TPSA) is 40.5 Å². The summed E-state index contributed by atoms with van der Waals surface area (Å²) in [6.07, 6.45) is 18.9. The van der Waals surface area contributed by atoms with Gasteiger partial charge in [-0.25, -0.2) is 0 Å². The molecule has 0 unspecified atom stereocenters. The zero-order chi connectivity index (χ0) is 20.4. The number of aliphatic hydroxyl groups excluding tert-OH is 1. The molecule has 28 heavy (non-hydrogen) atoms. The van der Waals surface area contributed by atoms with Crippen LogP contribution in [0, 0.1) is 23.2 Å². The highest BCUT2D eigenvalue weighted by Gasteiger charge is 2.50. The molecule has 3 saturated carbocycles. The zero-order valence-corrected chi connectivity index (χ0v) is 18.8. The van der Waals surface area contributed by atoms with E-state index in [1.165, 1.54) is 50.5 Å². The van der Waals surface area contributed by atoms with Gasteiger partial charge in [-0.05, 0) is 101 Å². The highest BCUT2D eigenvalue weighted by atomic mass is 16.3. The Morgan fingerprint density at radius 3 is 2.64 bits per heavy atom. The van der Waals surface area contributed by atoms with Crippen LogP contribution in [0.1, 0.15) is 105 Å². The van der Waals surface area contributed by atoms with Crippen molar-refractivity contribution in [3.05, 3.63) is 23.3 Å². The van der Waals surface area contributed by atoms with Crippen molar-refractivity contribution in [1.82, 2.24) is 0 Å². The van der Waals surface area contributed by atoms with Gasteiger partial charge in [0.25, 0.3) is 0 Å². The number of hydrogen-bond donors (Lipinski definition) is 2. The lowest BCUT2D eigenvalue weighted by Crippen LogP contribution is -2.36. The van der Waals surface area contributed by atoms with Crippen LogP contribution >= 0.6 is 0 Å².